The third-order valence-corrected chi connectivity index (χ3v) is 6.20. The van der Waals surface area contributed by atoms with E-state index < -0.39 is 0 Å². The van der Waals surface area contributed by atoms with Crippen molar-refractivity contribution in [1.29, 1.82) is 0 Å². The molecule has 5 heteroatoms. The van der Waals surface area contributed by atoms with Crippen molar-refractivity contribution < 1.29 is 0 Å². The van der Waals surface area contributed by atoms with Gasteiger partial charge in [0.15, 0.2) is 0 Å². The molecule has 0 unspecified atom stereocenters. The Morgan fingerprint density at radius 2 is 1.92 bits per heavy atom. The molecule has 0 saturated heterocycles. The third kappa shape index (κ3) is 2.99. The second-order valence-corrected chi connectivity index (χ2v) is 7.93. The van der Waals surface area contributed by atoms with Gasteiger partial charge in [-0.05, 0) is 49.7 Å². The Hall–Kier alpha value is -1.75. The normalized spacial score (nSPS) is 14.2. The molecule has 0 fully saturated rings. The molecule has 25 heavy (non-hydrogen) atoms. The van der Waals surface area contributed by atoms with Crippen LogP contribution in [0.25, 0.3) is 20.4 Å². The van der Waals surface area contributed by atoms with Gasteiger partial charge < -0.3 is 5.32 Å². The fraction of sp³-hybridized carbons (Fsp3) is 0.550. The van der Waals surface area contributed by atoms with Crippen LogP contribution in [-0.4, -0.2) is 21.5 Å². The molecule has 0 atom stereocenters. The number of unbranched alkanes of at least 4 members (excludes halogenated alkanes) is 1. The van der Waals surface area contributed by atoms with Crippen LogP contribution in [0.4, 0.5) is 5.82 Å². The maximum Gasteiger partial charge on any atom is 0.147 e. The number of aromatic nitrogens is 3. The van der Waals surface area contributed by atoms with E-state index in [1.165, 1.54) is 59.0 Å². The molecule has 0 spiro atoms. The molecule has 0 amide bonds. The zero-order chi connectivity index (χ0) is 17.2. The molecule has 4 nitrogen and oxygen atoms in total. The van der Waals surface area contributed by atoms with Gasteiger partial charge in [-0.25, -0.2) is 15.0 Å². The van der Waals surface area contributed by atoms with Crippen molar-refractivity contribution in [2.45, 2.75) is 65.2 Å². The van der Waals surface area contributed by atoms with E-state index in [0.717, 1.165) is 42.0 Å². The molecule has 3 aromatic heterocycles. The summed E-state index contributed by atoms with van der Waals surface area (Å²) in [6.07, 6.45) is 11.2. The van der Waals surface area contributed by atoms with Gasteiger partial charge >= 0.3 is 0 Å². The van der Waals surface area contributed by atoms with E-state index in [-0.39, 0.29) is 0 Å². The van der Waals surface area contributed by atoms with Gasteiger partial charge in [0.2, 0.25) is 0 Å². The summed E-state index contributed by atoms with van der Waals surface area (Å²) in [6.45, 7) is 5.42. The Labute approximate surface area is 153 Å². The predicted octanol–water partition coefficient (Wildman–Crippen LogP) is 5.28. The van der Waals surface area contributed by atoms with Crippen molar-refractivity contribution in [3.05, 3.63) is 23.1 Å². The lowest BCUT2D eigenvalue weighted by molar-refractivity contribution is 0.675. The molecule has 0 aliphatic heterocycles. The van der Waals surface area contributed by atoms with Gasteiger partial charge in [-0.2, -0.15) is 0 Å². The van der Waals surface area contributed by atoms with Gasteiger partial charge in [0.05, 0.1) is 10.2 Å². The minimum atomic E-state index is 0.962. The van der Waals surface area contributed by atoms with E-state index in [1.54, 1.807) is 17.7 Å². The third-order valence-electron chi connectivity index (χ3n) is 5.12. The van der Waals surface area contributed by atoms with E-state index in [4.69, 9.17) is 4.98 Å². The first-order valence-corrected chi connectivity index (χ1v) is 10.5. The van der Waals surface area contributed by atoms with E-state index in [2.05, 4.69) is 29.1 Å². The minimum absolute atomic E-state index is 0.962. The number of hydrogen-bond donors (Lipinski definition) is 1. The lowest BCUT2D eigenvalue weighted by Gasteiger charge is -2.19. The van der Waals surface area contributed by atoms with Crippen molar-refractivity contribution in [2.24, 2.45) is 0 Å². The van der Waals surface area contributed by atoms with Crippen LogP contribution in [0.15, 0.2) is 6.33 Å². The highest BCUT2D eigenvalue weighted by molar-refractivity contribution is 7.26. The van der Waals surface area contributed by atoms with Crippen molar-refractivity contribution in [1.82, 2.24) is 15.0 Å². The summed E-state index contributed by atoms with van der Waals surface area (Å²) < 4.78 is 1.17. The number of rotatable bonds is 6. The van der Waals surface area contributed by atoms with Crippen molar-refractivity contribution >= 4 is 37.6 Å². The Bertz CT molecular complexity index is 900. The lowest BCUT2D eigenvalue weighted by atomic mass is 9.88. The van der Waals surface area contributed by atoms with Crippen LogP contribution in [0, 0.1) is 0 Å². The summed E-state index contributed by atoms with van der Waals surface area (Å²) in [7, 11) is 0. The first kappa shape index (κ1) is 16.7. The van der Waals surface area contributed by atoms with Crippen LogP contribution in [0.5, 0.6) is 0 Å². The van der Waals surface area contributed by atoms with Crippen LogP contribution < -0.4 is 5.32 Å². The van der Waals surface area contributed by atoms with E-state index >= 15 is 0 Å². The molecule has 3 aromatic rings. The van der Waals surface area contributed by atoms with E-state index in [1.807, 2.05) is 0 Å². The first-order valence-electron chi connectivity index (χ1n) is 9.65. The van der Waals surface area contributed by atoms with Crippen LogP contribution in [0.1, 0.15) is 62.8 Å². The molecule has 1 N–H and O–H groups in total. The second kappa shape index (κ2) is 7.24. The number of aryl methyl sites for hydroxylation is 2. The summed E-state index contributed by atoms with van der Waals surface area (Å²) in [6, 6.07) is 0. The SMILES string of the molecule is CCCCNc1ncnc2c1sc1nc(CCC)c3c(c12)CCCC3. The summed E-state index contributed by atoms with van der Waals surface area (Å²) in [5, 5.41) is 4.80. The quantitative estimate of drug-likeness (QED) is 0.612. The standard InChI is InChI=1S/C20H26N4S/c1-3-5-11-21-19-18-17(22-12-23-19)16-14-10-7-6-9-13(14)15(8-4-2)24-20(16)25-18/h12H,3-11H2,1-2H3,(H,21,22,23). The molecule has 0 aromatic carbocycles. The van der Waals surface area contributed by atoms with Gasteiger partial charge in [0, 0.05) is 17.6 Å². The van der Waals surface area contributed by atoms with Crippen LogP contribution >= 0.6 is 11.3 Å². The van der Waals surface area contributed by atoms with E-state index in [9.17, 15) is 0 Å². The second-order valence-electron chi connectivity index (χ2n) is 6.94. The zero-order valence-electron chi connectivity index (χ0n) is 15.2. The number of fused-ring (bicyclic) bond motifs is 5. The summed E-state index contributed by atoms with van der Waals surface area (Å²) >= 11 is 1.76. The Morgan fingerprint density at radius 1 is 1.08 bits per heavy atom. The maximum atomic E-state index is 5.08. The smallest absolute Gasteiger partial charge is 0.147 e. The molecule has 4 rings (SSSR count). The zero-order valence-corrected chi connectivity index (χ0v) is 16.0. The fourth-order valence-corrected chi connectivity index (χ4v) is 5.04. The molecule has 3 heterocycles. The largest absolute Gasteiger partial charge is 0.369 e. The molecule has 1 aliphatic rings. The van der Waals surface area contributed by atoms with Crippen molar-refractivity contribution in [3.8, 4) is 0 Å². The Balaban J connectivity index is 1.91. The van der Waals surface area contributed by atoms with Gasteiger partial charge in [0.25, 0.3) is 0 Å². The first-order chi connectivity index (χ1) is 12.3. The van der Waals surface area contributed by atoms with Gasteiger partial charge in [-0.3, -0.25) is 0 Å². The predicted molar refractivity (Wildman–Crippen MR) is 107 cm³/mol. The molecule has 0 saturated carbocycles. The molecule has 1 aliphatic carbocycles. The molecule has 0 bridgehead atoms. The number of pyridine rings is 1. The minimum Gasteiger partial charge on any atom is -0.369 e. The Morgan fingerprint density at radius 3 is 2.72 bits per heavy atom. The summed E-state index contributed by atoms with van der Waals surface area (Å²) in [5.74, 6) is 0.975. The highest BCUT2D eigenvalue weighted by Gasteiger charge is 2.22. The Kier molecular flexibility index (Phi) is 4.84. The van der Waals surface area contributed by atoms with Gasteiger partial charge in [-0.1, -0.05) is 26.7 Å². The molecule has 132 valence electrons. The number of anilines is 1. The topological polar surface area (TPSA) is 50.7 Å². The van der Waals surface area contributed by atoms with Crippen molar-refractivity contribution in [3.63, 3.8) is 0 Å². The molecule has 0 radical (unpaired) electrons. The number of thiophene rings is 1. The van der Waals surface area contributed by atoms with Crippen molar-refractivity contribution in [2.75, 3.05) is 11.9 Å². The average molecular weight is 355 g/mol. The highest BCUT2D eigenvalue weighted by Crippen LogP contribution is 2.40. The average Bonchev–Trinajstić information content (AvgIpc) is 3.02. The fourth-order valence-electron chi connectivity index (χ4n) is 3.89. The maximum absolute atomic E-state index is 5.08. The number of nitrogens with one attached hydrogen (secondary N) is 1. The monoisotopic (exact) mass is 354 g/mol. The highest BCUT2D eigenvalue weighted by atomic mass is 32.1. The van der Waals surface area contributed by atoms with Gasteiger partial charge in [0.1, 0.15) is 17.0 Å². The van der Waals surface area contributed by atoms with Crippen LogP contribution in [0.2, 0.25) is 0 Å². The molecular weight excluding hydrogens is 328 g/mol. The lowest BCUT2D eigenvalue weighted by Crippen LogP contribution is -2.09. The molecular formula is C20H26N4S. The number of nitrogens with zero attached hydrogens (tertiary/aromatic N) is 3. The summed E-state index contributed by atoms with van der Waals surface area (Å²) in [4.78, 5) is 15.4. The van der Waals surface area contributed by atoms with E-state index in [0.29, 0.717) is 0 Å². The van der Waals surface area contributed by atoms with Crippen LogP contribution in [-0.2, 0) is 19.3 Å². The van der Waals surface area contributed by atoms with Gasteiger partial charge in [-0.15, -0.1) is 11.3 Å². The van der Waals surface area contributed by atoms with Crippen LogP contribution in [0.3, 0.4) is 0 Å². The number of hydrogen-bond acceptors (Lipinski definition) is 5. The summed E-state index contributed by atoms with van der Waals surface area (Å²) in [5.41, 5.74) is 5.45.